The third-order valence-corrected chi connectivity index (χ3v) is 2.47. The molecule has 0 atom stereocenters. The van der Waals surface area contributed by atoms with Crippen LogP contribution in [0.3, 0.4) is 0 Å². The van der Waals surface area contributed by atoms with E-state index in [1.165, 1.54) is 5.56 Å². The van der Waals surface area contributed by atoms with Gasteiger partial charge in [0.1, 0.15) is 5.75 Å². The number of aromatic hydroxyl groups is 1. The summed E-state index contributed by atoms with van der Waals surface area (Å²) in [6, 6.07) is 9.45. The predicted molar refractivity (Wildman–Crippen MR) is 64.4 cm³/mol. The van der Waals surface area contributed by atoms with Crippen molar-refractivity contribution in [2.45, 2.75) is 13.1 Å². The van der Waals surface area contributed by atoms with E-state index in [1.54, 1.807) is 12.1 Å². The highest BCUT2D eigenvalue weighted by Crippen LogP contribution is 2.12. The second kappa shape index (κ2) is 4.86. The number of rotatable bonds is 4. The molecule has 0 radical (unpaired) electrons. The summed E-state index contributed by atoms with van der Waals surface area (Å²) in [5.41, 5.74) is 2.37. The van der Waals surface area contributed by atoms with Gasteiger partial charge >= 0.3 is 0 Å². The van der Waals surface area contributed by atoms with Gasteiger partial charge in [0, 0.05) is 25.5 Å². The number of phenols is 1. The molecule has 1 aromatic carbocycles. The van der Waals surface area contributed by atoms with E-state index in [-0.39, 0.29) is 0 Å². The molecular weight excluding hydrogens is 200 g/mol. The maximum Gasteiger partial charge on any atom is 0.115 e. The largest absolute Gasteiger partial charge is 0.508 e. The minimum absolute atomic E-state index is 0.320. The molecule has 0 saturated carbocycles. The molecule has 2 aromatic rings. The van der Waals surface area contributed by atoms with Crippen molar-refractivity contribution in [1.29, 1.82) is 0 Å². The van der Waals surface area contributed by atoms with Gasteiger partial charge in [-0.2, -0.15) is 0 Å². The molecule has 0 spiro atoms. The first-order valence-electron chi connectivity index (χ1n) is 5.35. The molecular formula is C13H16N2O. The van der Waals surface area contributed by atoms with Crippen LogP contribution in [-0.4, -0.2) is 16.7 Å². The molecule has 0 amide bonds. The van der Waals surface area contributed by atoms with E-state index in [2.05, 4.69) is 28.3 Å². The lowest BCUT2D eigenvalue weighted by Crippen LogP contribution is -2.04. The summed E-state index contributed by atoms with van der Waals surface area (Å²) in [5.74, 6) is 0.320. The zero-order chi connectivity index (χ0) is 11.4. The first-order valence-corrected chi connectivity index (χ1v) is 5.35. The van der Waals surface area contributed by atoms with E-state index >= 15 is 0 Å². The van der Waals surface area contributed by atoms with Crippen molar-refractivity contribution in [3.63, 3.8) is 0 Å². The minimum Gasteiger partial charge on any atom is -0.508 e. The molecule has 16 heavy (non-hydrogen) atoms. The van der Waals surface area contributed by atoms with E-state index < -0.39 is 0 Å². The number of nitrogens with one attached hydrogen (secondary N) is 1. The van der Waals surface area contributed by atoms with E-state index in [1.807, 2.05) is 19.2 Å². The van der Waals surface area contributed by atoms with Gasteiger partial charge < -0.3 is 15.0 Å². The quantitative estimate of drug-likeness (QED) is 0.819. The van der Waals surface area contributed by atoms with Crippen LogP contribution >= 0.6 is 0 Å². The van der Waals surface area contributed by atoms with E-state index in [0.717, 1.165) is 18.7 Å². The van der Waals surface area contributed by atoms with Gasteiger partial charge in [-0.3, -0.25) is 0 Å². The summed E-state index contributed by atoms with van der Waals surface area (Å²) >= 11 is 0. The second-order valence-electron chi connectivity index (χ2n) is 3.89. The highest BCUT2D eigenvalue weighted by molar-refractivity contribution is 5.27. The Bertz CT molecular complexity index is 462. The van der Waals surface area contributed by atoms with Crippen LogP contribution in [0, 0.1) is 0 Å². The average Bonchev–Trinajstić information content (AvgIpc) is 2.66. The van der Waals surface area contributed by atoms with Crippen LogP contribution in [0.1, 0.15) is 11.1 Å². The third kappa shape index (κ3) is 2.64. The molecule has 0 fully saturated rings. The molecule has 1 aromatic heterocycles. The Morgan fingerprint density at radius 1 is 1.25 bits per heavy atom. The van der Waals surface area contributed by atoms with E-state index in [9.17, 15) is 5.11 Å². The molecule has 0 saturated heterocycles. The fraction of sp³-hybridized carbons (Fsp3) is 0.231. The standard InChI is InChI=1S/C13H16N2O/c1-14-8-12-5-6-15(10-12)9-11-3-2-4-13(16)7-11/h2-7,10,14,16H,8-9H2,1H3. The van der Waals surface area contributed by atoms with Crippen LogP contribution in [0.2, 0.25) is 0 Å². The SMILES string of the molecule is CNCc1ccn(Cc2cccc(O)c2)c1. The number of nitrogens with zero attached hydrogens (tertiary/aromatic N) is 1. The Balaban J connectivity index is 2.08. The molecule has 0 bridgehead atoms. The van der Waals surface area contributed by atoms with Gasteiger partial charge in [-0.15, -0.1) is 0 Å². The summed E-state index contributed by atoms with van der Waals surface area (Å²) < 4.78 is 2.11. The molecule has 2 rings (SSSR count). The molecule has 3 nitrogen and oxygen atoms in total. The normalized spacial score (nSPS) is 10.6. The van der Waals surface area contributed by atoms with Gasteiger partial charge in [0.2, 0.25) is 0 Å². The molecule has 1 heterocycles. The predicted octanol–water partition coefficient (Wildman–Crippen LogP) is 1.96. The summed E-state index contributed by atoms with van der Waals surface area (Å²) in [6.07, 6.45) is 4.16. The number of aromatic nitrogens is 1. The van der Waals surface area contributed by atoms with Gasteiger partial charge in [-0.1, -0.05) is 12.1 Å². The lowest BCUT2D eigenvalue weighted by molar-refractivity contribution is 0.474. The summed E-state index contributed by atoms with van der Waals surface area (Å²) in [6.45, 7) is 1.67. The van der Waals surface area contributed by atoms with Gasteiger partial charge in [-0.05, 0) is 36.4 Å². The number of hydrogen-bond donors (Lipinski definition) is 2. The summed E-state index contributed by atoms with van der Waals surface area (Å²) in [4.78, 5) is 0. The minimum atomic E-state index is 0.320. The maximum absolute atomic E-state index is 9.36. The first-order chi connectivity index (χ1) is 7.78. The Labute approximate surface area is 95.3 Å². The number of phenolic OH excluding ortho intramolecular Hbond substituents is 1. The third-order valence-electron chi connectivity index (χ3n) is 2.47. The Kier molecular flexibility index (Phi) is 3.27. The van der Waals surface area contributed by atoms with Crippen LogP contribution in [0.5, 0.6) is 5.75 Å². The first kappa shape index (κ1) is 10.8. The summed E-state index contributed by atoms with van der Waals surface area (Å²) in [5, 5.41) is 12.5. The van der Waals surface area contributed by atoms with Crippen LogP contribution < -0.4 is 5.32 Å². The van der Waals surface area contributed by atoms with Crippen molar-refractivity contribution >= 4 is 0 Å². The van der Waals surface area contributed by atoms with Crippen LogP contribution in [0.25, 0.3) is 0 Å². The van der Waals surface area contributed by atoms with Crippen LogP contribution in [0.15, 0.2) is 42.7 Å². The monoisotopic (exact) mass is 216 g/mol. The Morgan fingerprint density at radius 3 is 2.88 bits per heavy atom. The smallest absolute Gasteiger partial charge is 0.115 e. The average molecular weight is 216 g/mol. The fourth-order valence-electron chi connectivity index (χ4n) is 1.76. The lowest BCUT2D eigenvalue weighted by atomic mass is 10.2. The van der Waals surface area contributed by atoms with Crippen molar-refractivity contribution in [2.24, 2.45) is 0 Å². The summed E-state index contributed by atoms with van der Waals surface area (Å²) in [7, 11) is 1.94. The topological polar surface area (TPSA) is 37.2 Å². The highest BCUT2D eigenvalue weighted by atomic mass is 16.3. The van der Waals surface area contributed by atoms with Gasteiger partial charge in [0.25, 0.3) is 0 Å². The van der Waals surface area contributed by atoms with Crippen LogP contribution in [-0.2, 0) is 13.1 Å². The number of hydrogen-bond acceptors (Lipinski definition) is 2. The van der Waals surface area contributed by atoms with Crippen molar-refractivity contribution < 1.29 is 5.11 Å². The molecule has 0 aliphatic carbocycles. The molecule has 0 aliphatic rings. The maximum atomic E-state index is 9.36. The van der Waals surface area contributed by atoms with Gasteiger partial charge in [0.05, 0.1) is 0 Å². The highest BCUT2D eigenvalue weighted by Gasteiger charge is 1.98. The molecule has 0 unspecified atom stereocenters. The van der Waals surface area contributed by atoms with Gasteiger partial charge in [-0.25, -0.2) is 0 Å². The van der Waals surface area contributed by atoms with Crippen molar-refractivity contribution in [3.8, 4) is 5.75 Å². The molecule has 84 valence electrons. The van der Waals surface area contributed by atoms with E-state index in [0.29, 0.717) is 5.75 Å². The van der Waals surface area contributed by atoms with Crippen molar-refractivity contribution in [2.75, 3.05) is 7.05 Å². The Hall–Kier alpha value is -1.74. The molecule has 2 N–H and O–H groups in total. The molecule has 3 heteroatoms. The molecule has 0 aliphatic heterocycles. The van der Waals surface area contributed by atoms with Crippen LogP contribution in [0.4, 0.5) is 0 Å². The van der Waals surface area contributed by atoms with Crippen molar-refractivity contribution in [1.82, 2.24) is 9.88 Å². The van der Waals surface area contributed by atoms with E-state index in [4.69, 9.17) is 0 Å². The second-order valence-corrected chi connectivity index (χ2v) is 3.89. The fourth-order valence-corrected chi connectivity index (χ4v) is 1.76. The zero-order valence-corrected chi connectivity index (χ0v) is 9.35. The Morgan fingerprint density at radius 2 is 2.12 bits per heavy atom. The lowest BCUT2D eigenvalue weighted by Gasteiger charge is -2.03. The zero-order valence-electron chi connectivity index (χ0n) is 9.35. The van der Waals surface area contributed by atoms with Crippen molar-refractivity contribution in [3.05, 3.63) is 53.9 Å². The van der Waals surface area contributed by atoms with Gasteiger partial charge in [0.15, 0.2) is 0 Å². The number of benzene rings is 1.